The van der Waals surface area contributed by atoms with E-state index in [4.69, 9.17) is 11.5 Å². The van der Waals surface area contributed by atoms with Gasteiger partial charge in [0.05, 0.1) is 0 Å². The van der Waals surface area contributed by atoms with Crippen LogP contribution in [-0.2, 0) is 0 Å². The van der Waals surface area contributed by atoms with Crippen LogP contribution in [0.3, 0.4) is 0 Å². The molecule has 1 aromatic rings. The number of nitrogens with two attached hydrogens (primary N) is 2. The summed E-state index contributed by atoms with van der Waals surface area (Å²) in [6.45, 7) is 0.402. The quantitative estimate of drug-likeness (QED) is 0.747. The van der Waals surface area contributed by atoms with Crippen molar-refractivity contribution in [1.29, 1.82) is 0 Å². The molecule has 0 aromatic heterocycles. The minimum Gasteiger partial charge on any atom is -0.330 e. The smallest absolute Gasteiger partial charge is 0.126 e. The van der Waals surface area contributed by atoms with E-state index in [9.17, 15) is 8.78 Å². The standard InChI is InChI=1S/C9H12F2N2/c10-7-3-6(4-8(11)5-7)9(13)1-2-12/h3-5,9H,1-2,12-13H2/t9-/m1/s1. The number of halogens is 2. The van der Waals surface area contributed by atoms with Crippen molar-refractivity contribution in [2.75, 3.05) is 6.54 Å². The van der Waals surface area contributed by atoms with E-state index in [0.717, 1.165) is 6.07 Å². The molecule has 0 amide bonds. The zero-order chi connectivity index (χ0) is 9.84. The molecule has 0 radical (unpaired) electrons. The van der Waals surface area contributed by atoms with E-state index in [2.05, 4.69) is 0 Å². The van der Waals surface area contributed by atoms with Crippen LogP contribution in [0.5, 0.6) is 0 Å². The highest BCUT2D eigenvalue weighted by Crippen LogP contribution is 2.16. The van der Waals surface area contributed by atoms with Crippen molar-refractivity contribution in [3.05, 3.63) is 35.4 Å². The van der Waals surface area contributed by atoms with Crippen molar-refractivity contribution in [3.63, 3.8) is 0 Å². The zero-order valence-corrected chi connectivity index (χ0v) is 7.13. The average molecular weight is 186 g/mol. The Morgan fingerprint density at radius 1 is 1.15 bits per heavy atom. The Balaban J connectivity index is 2.87. The highest BCUT2D eigenvalue weighted by atomic mass is 19.1. The van der Waals surface area contributed by atoms with Crippen LogP contribution in [0.25, 0.3) is 0 Å². The van der Waals surface area contributed by atoms with Crippen LogP contribution in [0.15, 0.2) is 18.2 Å². The second-order valence-corrected chi connectivity index (χ2v) is 2.89. The number of rotatable bonds is 3. The molecule has 1 rings (SSSR count). The lowest BCUT2D eigenvalue weighted by atomic mass is 10.0. The molecular formula is C9H12F2N2. The first-order valence-corrected chi connectivity index (χ1v) is 4.05. The van der Waals surface area contributed by atoms with E-state index in [1.165, 1.54) is 12.1 Å². The van der Waals surface area contributed by atoms with Gasteiger partial charge in [-0.15, -0.1) is 0 Å². The lowest BCUT2D eigenvalue weighted by Gasteiger charge is -2.10. The van der Waals surface area contributed by atoms with E-state index in [1.54, 1.807) is 0 Å². The van der Waals surface area contributed by atoms with Gasteiger partial charge in [-0.3, -0.25) is 0 Å². The minimum absolute atomic E-state index is 0.393. The zero-order valence-electron chi connectivity index (χ0n) is 7.13. The van der Waals surface area contributed by atoms with Gasteiger partial charge in [-0.2, -0.15) is 0 Å². The van der Waals surface area contributed by atoms with E-state index in [1.807, 2.05) is 0 Å². The normalized spacial score (nSPS) is 12.9. The van der Waals surface area contributed by atoms with Crippen LogP contribution in [0, 0.1) is 11.6 Å². The van der Waals surface area contributed by atoms with Crippen molar-refractivity contribution in [3.8, 4) is 0 Å². The second kappa shape index (κ2) is 4.30. The molecular weight excluding hydrogens is 174 g/mol. The van der Waals surface area contributed by atoms with Crippen molar-refractivity contribution in [2.45, 2.75) is 12.5 Å². The summed E-state index contributed by atoms with van der Waals surface area (Å²) in [6, 6.07) is 2.88. The molecule has 13 heavy (non-hydrogen) atoms. The molecule has 0 heterocycles. The van der Waals surface area contributed by atoms with Crippen LogP contribution in [-0.4, -0.2) is 6.54 Å². The SMILES string of the molecule is NCC[C@@H](N)c1cc(F)cc(F)c1. The number of benzene rings is 1. The molecule has 0 fully saturated rings. The van der Waals surface area contributed by atoms with Crippen LogP contribution < -0.4 is 11.5 Å². The molecule has 0 unspecified atom stereocenters. The van der Waals surface area contributed by atoms with Gasteiger partial charge in [0, 0.05) is 12.1 Å². The fraction of sp³-hybridized carbons (Fsp3) is 0.333. The summed E-state index contributed by atoms with van der Waals surface area (Å²) in [5.41, 5.74) is 11.4. The fourth-order valence-corrected chi connectivity index (χ4v) is 1.14. The summed E-state index contributed by atoms with van der Waals surface area (Å²) >= 11 is 0. The first-order valence-electron chi connectivity index (χ1n) is 4.05. The van der Waals surface area contributed by atoms with E-state index >= 15 is 0 Å². The van der Waals surface area contributed by atoms with Crippen LogP contribution in [0.2, 0.25) is 0 Å². The number of hydrogen-bond donors (Lipinski definition) is 2. The summed E-state index contributed by atoms with van der Waals surface area (Å²) in [6.07, 6.45) is 0.517. The maximum Gasteiger partial charge on any atom is 0.126 e. The minimum atomic E-state index is -0.609. The molecule has 1 atom stereocenters. The summed E-state index contributed by atoms with van der Waals surface area (Å²) in [5, 5.41) is 0. The van der Waals surface area contributed by atoms with Gasteiger partial charge >= 0.3 is 0 Å². The summed E-state index contributed by atoms with van der Waals surface area (Å²) < 4.78 is 25.4. The third kappa shape index (κ3) is 2.75. The topological polar surface area (TPSA) is 52.0 Å². The van der Waals surface area contributed by atoms with Gasteiger partial charge in [0.2, 0.25) is 0 Å². The van der Waals surface area contributed by atoms with Gasteiger partial charge < -0.3 is 11.5 Å². The van der Waals surface area contributed by atoms with Gasteiger partial charge in [-0.25, -0.2) is 8.78 Å². The first kappa shape index (κ1) is 10.1. The van der Waals surface area contributed by atoms with E-state index in [-0.39, 0.29) is 0 Å². The summed E-state index contributed by atoms with van der Waals surface area (Å²) in [7, 11) is 0. The predicted molar refractivity (Wildman–Crippen MR) is 47.0 cm³/mol. The monoisotopic (exact) mass is 186 g/mol. The van der Waals surface area contributed by atoms with E-state index in [0.29, 0.717) is 18.5 Å². The molecule has 4 N–H and O–H groups in total. The fourth-order valence-electron chi connectivity index (χ4n) is 1.14. The average Bonchev–Trinajstić information content (AvgIpc) is 2.03. The van der Waals surface area contributed by atoms with Crippen molar-refractivity contribution < 1.29 is 8.78 Å². The molecule has 0 aliphatic carbocycles. The van der Waals surface area contributed by atoms with Crippen molar-refractivity contribution in [2.24, 2.45) is 11.5 Å². The Morgan fingerprint density at radius 3 is 2.15 bits per heavy atom. The van der Waals surface area contributed by atoms with Crippen molar-refractivity contribution in [1.82, 2.24) is 0 Å². The Hall–Kier alpha value is -1.00. The van der Waals surface area contributed by atoms with Crippen molar-refractivity contribution >= 4 is 0 Å². The molecule has 0 bridgehead atoms. The highest BCUT2D eigenvalue weighted by Gasteiger charge is 2.07. The van der Waals surface area contributed by atoms with Crippen LogP contribution in [0.1, 0.15) is 18.0 Å². The van der Waals surface area contributed by atoms with Crippen LogP contribution >= 0.6 is 0 Å². The Bertz CT molecular complexity index is 269. The van der Waals surface area contributed by atoms with Gasteiger partial charge in [-0.1, -0.05) is 0 Å². The lowest BCUT2D eigenvalue weighted by Crippen LogP contribution is -2.15. The maximum atomic E-state index is 12.7. The Labute approximate surface area is 75.5 Å². The van der Waals surface area contributed by atoms with Gasteiger partial charge in [-0.05, 0) is 30.7 Å². The third-order valence-corrected chi connectivity index (χ3v) is 1.79. The Kier molecular flexibility index (Phi) is 3.33. The lowest BCUT2D eigenvalue weighted by molar-refractivity contribution is 0.568. The molecule has 4 heteroatoms. The van der Waals surface area contributed by atoms with Gasteiger partial charge in [0.1, 0.15) is 11.6 Å². The molecule has 2 nitrogen and oxygen atoms in total. The maximum absolute atomic E-state index is 12.7. The highest BCUT2D eigenvalue weighted by molar-refractivity contribution is 5.20. The van der Waals surface area contributed by atoms with Gasteiger partial charge in [0.25, 0.3) is 0 Å². The molecule has 0 saturated heterocycles. The summed E-state index contributed by atoms with van der Waals surface area (Å²) in [5.74, 6) is -1.22. The molecule has 0 aliphatic rings. The second-order valence-electron chi connectivity index (χ2n) is 2.89. The third-order valence-electron chi connectivity index (χ3n) is 1.79. The summed E-state index contributed by atoms with van der Waals surface area (Å²) in [4.78, 5) is 0. The molecule has 0 aliphatic heterocycles. The first-order chi connectivity index (χ1) is 6.13. The van der Waals surface area contributed by atoms with Crippen LogP contribution in [0.4, 0.5) is 8.78 Å². The van der Waals surface area contributed by atoms with Gasteiger partial charge in [0.15, 0.2) is 0 Å². The predicted octanol–water partition coefficient (Wildman–Crippen LogP) is 1.31. The Morgan fingerprint density at radius 2 is 1.69 bits per heavy atom. The van der Waals surface area contributed by atoms with E-state index < -0.39 is 17.7 Å². The molecule has 1 aromatic carbocycles. The largest absolute Gasteiger partial charge is 0.330 e. The number of hydrogen-bond acceptors (Lipinski definition) is 2. The molecule has 72 valence electrons. The molecule has 0 saturated carbocycles. The molecule has 0 spiro atoms.